The van der Waals surface area contributed by atoms with Gasteiger partial charge < -0.3 is 4.74 Å². The second kappa shape index (κ2) is 7.17. The van der Waals surface area contributed by atoms with E-state index in [-0.39, 0.29) is 22.8 Å². The normalized spacial score (nSPS) is 11.2. The molecule has 0 spiro atoms. The van der Waals surface area contributed by atoms with Crippen molar-refractivity contribution in [3.8, 4) is 11.8 Å². The molecule has 5 nitrogen and oxygen atoms in total. The van der Waals surface area contributed by atoms with Gasteiger partial charge in [-0.25, -0.2) is 13.1 Å². The van der Waals surface area contributed by atoms with E-state index < -0.39 is 16.6 Å². The highest BCUT2D eigenvalue weighted by molar-refractivity contribution is 7.89. The van der Waals surface area contributed by atoms with Gasteiger partial charge in [-0.1, -0.05) is 18.2 Å². The van der Waals surface area contributed by atoms with Crippen LogP contribution < -0.4 is 9.46 Å². The van der Waals surface area contributed by atoms with Gasteiger partial charge in [0.2, 0.25) is 10.0 Å². The van der Waals surface area contributed by atoms with E-state index in [1.165, 1.54) is 48.5 Å². The first-order valence-corrected chi connectivity index (χ1v) is 7.92. The number of halogens is 2. The molecule has 1 N–H and O–H groups in total. The van der Waals surface area contributed by atoms with Crippen LogP contribution >= 0.6 is 0 Å². The van der Waals surface area contributed by atoms with Crippen LogP contribution in [0.25, 0.3) is 0 Å². The summed E-state index contributed by atoms with van der Waals surface area (Å²) in [7, 11) is -3.77. The summed E-state index contributed by atoms with van der Waals surface area (Å²) in [5.41, 5.74) is 0.813. The molecular weight excluding hydrogens is 326 g/mol. The molecule has 0 unspecified atom stereocenters. The number of ether oxygens (including phenoxy) is 1. The highest BCUT2D eigenvalue weighted by atomic mass is 32.2. The molecule has 120 valence electrons. The fourth-order valence-electron chi connectivity index (χ4n) is 1.78. The second-order valence-electron chi connectivity index (χ2n) is 4.49. The van der Waals surface area contributed by atoms with E-state index >= 15 is 0 Å². The molecule has 2 aromatic carbocycles. The van der Waals surface area contributed by atoms with Crippen molar-refractivity contribution < 1.29 is 21.9 Å². The highest BCUT2D eigenvalue weighted by Gasteiger charge is 2.14. The van der Waals surface area contributed by atoms with Gasteiger partial charge in [0.1, 0.15) is 5.75 Å². The third-order valence-corrected chi connectivity index (χ3v) is 4.29. The highest BCUT2D eigenvalue weighted by Crippen LogP contribution is 2.16. The Morgan fingerprint density at radius 3 is 2.48 bits per heavy atom. The molecule has 0 heterocycles. The lowest BCUT2D eigenvalue weighted by atomic mass is 10.2. The van der Waals surface area contributed by atoms with Crippen LogP contribution in [0, 0.1) is 11.3 Å². The van der Waals surface area contributed by atoms with Crippen LogP contribution in [0.3, 0.4) is 0 Å². The lowest BCUT2D eigenvalue weighted by Gasteiger charge is -2.08. The average Bonchev–Trinajstić information content (AvgIpc) is 2.54. The Bertz CT molecular complexity index is 815. The Morgan fingerprint density at radius 1 is 1.17 bits per heavy atom. The van der Waals surface area contributed by atoms with Crippen molar-refractivity contribution >= 4 is 10.0 Å². The van der Waals surface area contributed by atoms with Crippen LogP contribution in [0.4, 0.5) is 8.78 Å². The summed E-state index contributed by atoms with van der Waals surface area (Å²) in [6, 6.07) is 13.1. The molecular formula is C15H12F2N2O3S. The summed E-state index contributed by atoms with van der Waals surface area (Å²) in [5, 5.41) is 8.79. The van der Waals surface area contributed by atoms with Crippen molar-refractivity contribution in [1.29, 1.82) is 5.26 Å². The Morgan fingerprint density at radius 2 is 1.87 bits per heavy atom. The number of nitrogens with zero attached hydrogens (tertiary/aromatic N) is 1. The molecule has 0 aliphatic rings. The van der Waals surface area contributed by atoms with Gasteiger partial charge in [-0.3, -0.25) is 0 Å². The minimum atomic E-state index is -3.77. The summed E-state index contributed by atoms with van der Waals surface area (Å²) >= 11 is 0. The van der Waals surface area contributed by atoms with E-state index in [0.29, 0.717) is 5.56 Å². The largest absolute Gasteiger partial charge is 0.435 e. The number of nitrogens with one attached hydrogen (secondary N) is 1. The van der Waals surface area contributed by atoms with E-state index in [9.17, 15) is 17.2 Å². The van der Waals surface area contributed by atoms with Crippen LogP contribution in [-0.2, 0) is 16.6 Å². The Kier molecular flexibility index (Phi) is 5.26. The minimum absolute atomic E-state index is 0.00618. The lowest BCUT2D eigenvalue weighted by molar-refractivity contribution is -0.0498. The maximum atomic E-state index is 12.1. The number of benzene rings is 2. The third-order valence-electron chi connectivity index (χ3n) is 2.89. The monoisotopic (exact) mass is 338 g/mol. The van der Waals surface area contributed by atoms with Crippen LogP contribution in [0.1, 0.15) is 11.1 Å². The van der Waals surface area contributed by atoms with Crippen LogP contribution in [0.2, 0.25) is 0 Å². The molecule has 0 saturated carbocycles. The third kappa shape index (κ3) is 4.74. The molecule has 0 bridgehead atoms. The van der Waals surface area contributed by atoms with Crippen molar-refractivity contribution in [2.75, 3.05) is 0 Å². The molecule has 0 aliphatic heterocycles. The summed E-state index contributed by atoms with van der Waals surface area (Å²) < 4.78 is 54.9. The zero-order chi connectivity index (χ0) is 16.9. The Hall–Kier alpha value is -2.50. The number of hydrogen-bond donors (Lipinski definition) is 1. The van der Waals surface area contributed by atoms with Crippen molar-refractivity contribution in [2.45, 2.75) is 18.1 Å². The molecule has 0 aliphatic carbocycles. The molecule has 23 heavy (non-hydrogen) atoms. The first-order chi connectivity index (χ1) is 10.9. The molecule has 0 amide bonds. The van der Waals surface area contributed by atoms with E-state index in [0.717, 1.165) is 0 Å². The molecule has 0 saturated heterocycles. The number of rotatable bonds is 6. The average molecular weight is 338 g/mol. The fraction of sp³-hybridized carbons (Fsp3) is 0.133. The van der Waals surface area contributed by atoms with E-state index in [1.807, 2.05) is 6.07 Å². The fourth-order valence-corrected chi connectivity index (χ4v) is 2.85. The number of sulfonamides is 1. The van der Waals surface area contributed by atoms with Crippen molar-refractivity contribution in [2.24, 2.45) is 0 Å². The zero-order valence-corrected chi connectivity index (χ0v) is 12.6. The Balaban J connectivity index is 2.05. The van der Waals surface area contributed by atoms with E-state index in [4.69, 9.17) is 5.26 Å². The molecule has 0 aromatic heterocycles. The van der Waals surface area contributed by atoms with Gasteiger partial charge in [-0.2, -0.15) is 14.0 Å². The second-order valence-corrected chi connectivity index (χ2v) is 6.25. The quantitative estimate of drug-likeness (QED) is 0.878. The number of alkyl halides is 2. The predicted octanol–water partition coefficient (Wildman–Crippen LogP) is 2.64. The predicted molar refractivity (Wildman–Crippen MR) is 78.3 cm³/mol. The molecule has 8 heteroatoms. The smallest absolute Gasteiger partial charge is 0.387 e. The van der Waals surface area contributed by atoms with E-state index in [1.54, 1.807) is 0 Å². The van der Waals surface area contributed by atoms with Gasteiger partial charge >= 0.3 is 6.61 Å². The van der Waals surface area contributed by atoms with Gasteiger partial charge in [-0.05, 0) is 35.9 Å². The van der Waals surface area contributed by atoms with Crippen LogP contribution in [0.15, 0.2) is 53.4 Å². The van der Waals surface area contributed by atoms with Crippen LogP contribution in [-0.4, -0.2) is 15.0 Å². The maximum Gasteiger partial charge on any atom is 0.387 e. The lowest BCUT2D eigenvalue weighted by Crippen LogP contribution is -2.23. The SMILES string of the molecule is N#Cc1cccc(S(=O)(=O)NCc2ccc(OC(F)F)cc2)c1. The molecule has 0 fully saturated rings. The first-order valence-electron chi connectivity index (χ1n) is 6.44. The van der Waals surface area contributed by atoms with Gasteiger partial charge in [0.05, 0.1) is 16.5 Å². The van der Waals surface area contributed by atoms with Gasteiger partial charge in [0, 0.05) is 6.54 Å². The van der Waals surface area contributed by atoms with Crippen LogP contribution in [0.5, 0.6) is 5.75 Å². The summed E-state index contributed by atoms with van der Waals surface area (Å²) in [6.07, 6.45) is 0. The first kappa shape index (κ1) is 16.9. The molecule has 2 rings (SSSR count). The standard InChI is InChI=1S/C15H12F2N2O3S/c16-15(17)22-13-6-4-11(5-7-13)10-19-23(20,21)14-3-1-2-12(8-14)9-18/h1-8,15,19H,10H2. The molecule has 0 radical (unpaired) electrons. The number of hydrogen-bond acceptors (Lipinski definition) is 4. The maximum absolute atomic E-state index is 12.1. The van der Waals surface area contributed by atoms with Gasteiger partial charge in [0.25, 0.3) is 0 Å². The van der Waals surface area contributed by atoms with Crippen molar-refractivity contribution in [1.82, 2.24) is 4.72 Å². The summed E-state index contributed by atoms with van der Waals surface area (Å²) in [5.74, 6) is -0.00618. The van der Waals surface area contributed by atoms with E-state index in [2.05, 4.69) is 9.46 Å². The number of nitriles is 1. The minimum Gasteiger partial charge on any atom is -0.435 e. The zero-order valence-electron chi connectivity index (χ0n) is 11.7. The summed E-state index contributed by atoms with van der Waals surface area (Å²) in [4.78, 5) is -0.0193. The summed E-state index contributed by atoms with van der Waals surface area (Å²) in [6.45, 7) is -2.93. The van der Waals surface area contributed by atoms with Gasteiger partial charge in [0.15, 0.2) is 0 Å². The van der Waals surface area contributed by atoms with Crippen molar-refractivity contribution in [3.63, 3.8) is 0 Å². The Labute approximate surface area is 132 Å². The van der Waals surface area contributed by atoms with Gasteiger partial charge in [-0.15, -0.1) is 0 Å². The topological polar surface area (TPSA) is 79.2 Å². The molecule has 2 aromatic rings. The van der Waals surface area contributed by atoms with Crippen molar-refractivity contribution in [3.05, 3.63) is 59.7 Å². The molecule has 0 atom stereocenters.